The van der Waals surface area contributed by atoms with Crippen molar-refractivity contribution >= 4 is 5.78 Å². The summed E-state index contributed by atoms with van der Waals surface area (Å²) in [5, 5.41) is 3.94. The number of nitrogens with zero attached hydrogens (tertiary/aromatic N) is 2. The van der Waals surface area contributed by atoms with Gasteiger partial charge in [-0.1, -0.05) is 56.3 Å². The fourth-order valence-electron chi connectivity index (χ4n) is 1.87. The molecule has 0 N–H and O–H groups in total. The minimum atomic E-state index is -0.422. The van der Waals surface area contributed by atoms with Crippen LogP contribution in [0.15, 0.2) is 34.9 Å². The molecule has 2 aromatic rings. The second-order valence-corrected chi connectivity index (χ2v) is 5.92. The number of rotatable bonds is 5. The van der Waals surface area contributed by atoms with Gasteiger partial charge in [0.1, 0.15) is 11.9 Å². The maximum absolute atomic E-state index is 12.0. The first-order valence-corrected chi connectivity index (χ1v) is 6.85. The lowest BCUT2D eigenvalue weighted by molar-refractivity contribution is -0.125. The number of benzene rings is 1. The summed E-state index contributed by atoms with van der Waals surface area (Å²) in [4.78, 5) is 16.3. The van der Waals surface area contributed by atoms with E-state index >= 15 is 0 Å². The molecular weight excluding hydrogens is 268 g/mol. The number of Topliss-reactive ketones (excluding diaryl/α,β-unsaturated/α-hetero) is 1. The molecule has 0 aliphatic carbocycles. The Morgan fingerprint density at radius 3 is 2.52 bits per heavy atom. The van der Waals surface area contributed by atoms with E-state index < -0.39 is 11.5 Å². The predicted octanol–water partition coefficient (Wildman–Crippen LogP) is 2.96. The van der Waals surface area contributed by atoms with Crippen molar-refractivity contribution in [1.82, 2.24) is 10.1 Å². The molecule has 0 radical (unpaired) electrons. The highest BCUT2D eigenvalue weighted by Gasteiger charge is 2.25. The second-order valence-electron chi connectivity index (χ2n) is 5.92. The van der Waals surface area contributed by atoms with Crippen molar-refractivity contribution in [3.8, 4) is 0 Å². The lowest BCUT2D eigenvalue weighted by Crippen LogP contribution is -2.22. The normalized spacial score (nSPS) is 13.1. The summed E-state index contributed by atoms with van der Waals surface area (Å²) in [5.74, 6) is 0.815. The maximum Gasteiger partial charge on any atom is 0.234 e. The van der Waals surface area contributed by atoms with Crippen LogP contribution in [0.2, 0.25) is 0 Å². The van der Waals surface area contributed by atoms with Gasteiger partial charge in [0.05, 0.1) is 6.42 Å². The van der Waals surface area contributed by atoms with Crippen LogP contribution in [0.25, 0.3) is 0 Å². The fourth-order valence-corrected chi connectivity index (χ4v) is 1.87. The average Bonchev–Trinajstić information content (AvgIpc) is 2.88. The van der Waals surface area contributed by atoms with Crippen molar-refractivity contribution in [2.75, 3.05) is 7.11 Å². The maximum atomic E-state index is 12.0. The number of carbonyl (C=O) groups is 1. The summed E-state index contributed by atoms with van der Waals surface area (Å²) < 4.78 is 10.6. The zero-order valence-electron chi connectivity index (χ0n) is 12.8. The molecule has 1 aromatic carbocycles. The third-order valence-electron chi connectivity index (χ3n) is 3.20. The summed E-state index contributed by atoms with van der Waals surface area (Å²) in [5.41, 5.74) is 0.517. The highest BCUT2D eigenvalue weighted by Crippen LogP contribution is 2.23. The van der Waals surface area contributed by atoms with Crippen molar-refractivity contribution in [2.45, 2.75) is 33.3 Å². The molecule has 0 aliphatic rings. The number of ether oxygens (including phenoxy) is 1. The molecule has 112 valence electrons. The SMILES string of the molecule is COC(c1ccccc1)c1noc(CC(=O)C(C)(C)C)n1. The van der Waals surface area contributed by atoms with Crippen LogP contribution in [0.1, 0.15) is 44.2 Å². The monoisotopic (exact) mass is 288 g/mol. The van der Waals surface area contributed by atoms with E-state index in [1.165, 1.54) is 0 Å². The van der Waals surface area contributed by atoms with Crippen molar-refractivity contribution in [2.24, 2.45) is 5.41 Å². The lowest BCUT2D eigenvalue weighted by atomic mass is 9.89. The third-order valence-corrected chi connectivity index (χ3v) is 3.20. The van der Waals surface area contributed by atoms with Gasteiger partial charge in [-0.25, -0.2) is 0 Å². The quantitative estimate of drug-likeness (QED) is 0.846. The van der Waals surface area contributed by atoms with Gasteiger partial charge in [0.25, 0.3) is 0 Å². The molecule has 5 nitrogen and oxygen atoms in total. The van der Waals surface area contributed by atoms with Crippen molar-refractivity contribution in [3.05, 3.63) is 47.6 Å². The molecule has 1 atom stereocenters. The Kier molecular flexibility index (Phi) is 4.53. The Bertz CT molecular complexity index is 599. The number of hydrogen-bond acceptors (Lipinski definition) is 5. The van der Waals surface area contributed by atoms with Gasteiger partial charge in [-0.2, -0.15) is 4.98 Å². The van der Waals surface area contributed by atoms with E-state index in [0.717, 1.165) is 5.56 Å². The largest absolute Gasteiger partial charge is 0.369 e. The van der Waals surface area contributed by atoms with Gasteiger partial charge in [-0.3, -0.25) is 4.79 Å². The van der Waals surface area contributed by atoms with E-state index in [9.17, 15) is 4.79 Å². The molecule has 1 heterocycles. The highest BCUT2D eigenvalue weighted by atomic mass is 16.5. The minimum absolute atomic E-state index is 0.0615. The van der Waals surface area contributed by atoms with Crippen LogP contribution in [0.3, 0.4) is 0 Å². The molecular formula is C16H20N2O3. The molecule has 5 heteroatoms. The van der Waals surface area contributed by atoms with Gasteiger partial charge in [-0.05, 0) is 5.56 Å². The van der Waals surface area contributed by atoms with Crippen molar-refractivity contribution in [3.63, 3.8) is 0 Å². The lowest BCUT2D eigenvalue weighted by Gasteiger charge is -2.14. The van der Waals surface area contributed by atoms with E-state index in [0.29, 0.717) is 11.7 Å². The zero-order chi connectivity index (χ0) is 15.5. The van der Waals surface area contributed by atoms with Crippen LogP contribution in [-0.4, -0.2) is 23.0 Å². The Morgan fingerprint density at radius 1 is 1.29 bits per heavy atom. The summed E-state index contributed by atoms with van der Waals surface area (Å²) in [6.07, 6.45) is -0.254. The predicted molar refractivity (Wildman–Crippen MR) is 77.8 cm³/mol. The van der Waals surface area contributed by atoms with Crippen LogP contribution in [0, 0.1) is 5.41 Å². The average molecular weight is 288 g/mol. The first-order valence-electron chi connectivity index (χ1n) is 6.85. The minimum Gasteiger partial charge on any atom is -0.369 e. The summed E-state index contributed by atoms with van der Waals surface area (Å²) >= 11 is 0. The van der Waals surface area contributed by atoms with Crippen molar-refractivity contribution < 1.29 is 14.1 Å². The number of carbonyl (C=O) groups excluding carboxylic acids is 1. The van der Waals surface area contributed by atoms with E-state index in [2.05, 4.69) is 10.1 Å². The van der Waals surface area contributed by atoms with Gasteiger partial charge in [-0.15, -0.1) is 0 Å². The molecule has 21 heavy (non-hydrogen) atoms. The standard InChI is InChI=1S/C16H20N2O3/c1-16(2,3)12(19)10-13-17-15(18-21-13)14(20-4)11-8-6-5-7-9-11/h5-9,14H,10H2,1-4H3. The highest BCUT2D eigenvalue weighted by molar-refractivity contribution is 5.84. The van der Waals surface area contributed by atoms with E-state index in [-0.39, 0.29) is 12.2 Å². The smallest absolute Gasteiger partial charge is 0.234 e. The topological polar surface area (TPSA) is 65.2 Å². The fraction of sp³-hybridized carbons (Fsp3) is 0.438. The van der Waals surface area contributed by atoms with Crippen molar-refractivity contribution in [1.29, 1.82) is 0 Å². The molecule has 0 saturated heterocycles. The van der Waals surface area contributed by atoms with E-state index in [1.807, 2.05) is 51.1 Å². The number of hydrogen-bond donors (Lipinski definition) is 0. The molecule has 1 unspecified atom stereocenters. The summed E-state index contributed by atoms with van der Waals surface area (Å²) in [6, 6.07) is 9.64. The summed E-state index contributed by atoms with van der Waals surface area (Å²) in [6.45, 7) is 5.61. The molecule has 1 aromatic heterocycles. The molecule has 2 rings (SSSR count). The van der Waals surface area contributed by atoms with Crippen LogP contribution in [0.4, 0.5) is 0 Å². The first-order chi connectivity index (χ1) is 9.91. The van der Waals surface area contributed by atoms with Gasteiger partial charge in [0, 0.05) is 12.5 Å². The van der Waals surface area contributed by atoms with E-state index in [4.69, 9.17) is 9.26 Å². The van der Waals surface area contributed by atoms with Gasteiger partial charge >= 0.3 is 0 Å². The first kappa shape index (κ1) is 15.4. The number of ketones is 1. The Labute approximate surface area is 124 Å². The van der Waals surface area contributed by atoms with Gasteiger partial charge in [0.2, 0.25) is 11.7 Å². The Balaban J connectivity index is 2.17. The van der Waals surface area contributed by atoms with Crippen LogP contribution >= 0.6 is 0 Å². The van der Waals surface area contributed by atoms with Crippen LogP contribution in [-0.2, 0) is 16.0 Å². The van der Waals surface area contributed by atoms with Gasteiger partial charge in [0.15, 0.2) is 0 Å². The van der Waals surface area contributed by atoms with Gasteiger partial charge < -0.3 is 9.26 Å². The Hall–Kier alpha value is -2.01. The number of aromatic nitrogens is 2. The zero-order valence-corrected chi connectivity index (χ0v) is 12.8. The molecule has 0 spiro atoms. The Morgan fingerprint density at radius 2 is 1.95 bits per heavy atom. The molecule has 0 aliphatic heterocycles. The summed E-state index contributed by atoms with van der Waals surface area (Å²) in [7, 11) is 1.59. The number of methoxy groups -OCH3 is 1. The van der Waals surface area contributed by atoms with E-state index in [1.54, 1.807) is 7.11 Å². The van der Waals surface area contributed by atoms with Crippen LogP contribution in [0.5, 0.6) is 0 Å². The molecule has 0 amide bonds. The van der Waals surface area contributed by atoms with Crippen LogP contribution < -0.4 is 0 Å². The second kappa shape index (κ2) is 6.18. The molecule has 0 saturated carbocycles. The third kappa shape index (κ3) is 3.76. The molecule has 0 bridgehead atoms. The molecule has 0 fully saturated rings.